The molecule has 2 aromatic rings. The number of nitrogens with two attached hydrogens (primary N) is 1. The Balaban J connectivity index is 2.06. The number of primary sulfonamides is 1. The second kappa shape index (κ2) is 7.52. The average Bonchev–Trinajstić information content (AvgIpc) is 2.53. The van der Waals surface area contributed by atoms with Crippen molar-refractivity contribution in [2.75, 3.05) is 0 Å². The Morgan fingerprint density at radius 1 is 1.08 bits per heavy atom. The highest BCUT2D eigenvalue weighted by molar-refractivity contribution is 7.89. The minimum Gasteiger partial charge on any atom is -0.349 e. The summed E-state index contributed by atoms with van der Waals surface area (Å²) in [4.78, 5) is 11.6. The van der Waals surface area contributed by atoms with Gasteiger partial charge in [-0.3, -0.25) is 4.79 Å². The number of amides is 1. The molecular weight excluding hydrogens is 383 g/mol. The molecule has 0 aliphatic rings. The molecule has 0 aliphatic heterocycles. The number of carbonyl (C=O) groups is 1. The molecular formula is C16H17FN2O5S2. The molecule has 3 N–H and O–H groups in total. The highest BCUT2D eigenvalue weighted by atomic mass is 32.3. The first-order chi connectivity index (χ1) is 12.0. The van der Waals surface area contributed by atoms with Crippen molar-refractivity contribution in [1.29, 1.82) is 0 Å². The third-order valence-electron chi connectivity index (χ3n) is 3.63. The highest BCUT2D eigenvalue weighted by Gasteiger charge is 2.15. The summed E-state index contributed by atoms with van der Waals surface area (Å²) in [5.41, 5.74) is 1.06. The second-order valence-corrected chi connectivity index (χ2v) is 8.57. The monoisotopic (exact) mass is 400 g/mol. The van der Waals surface area contributed by atoms with Gasteiger partial charge in [-0.1, -0.05) is 24.3 Å². The van der Waals surface area contributed by atoms with Crippen LogP contribution in [0.5, 0.6) is 0 Å². The van der Waals surface area contributed by atoms with E-state index in [4.69, 9.17) is 5.14 Å². The van der Waals surface area contributed by atoms with Crippen molar-refractivity contribution in [2.45, 2.75) is 29.2 Å². The van der Waals surface area contributed by atoms with Gasteiger partial charge >= 0.3 is 10.2 Å². The van der Waals surface area contributed by atoms with Gasteiger partial charge < -0.3 is 5.32 Å². The molecule has 2 rings (SSSR count). The first-order valence-electron chi connectivity index (χ1n) is 7.42. The fourth-order valence-electron chi connectivity index (χ4n) is 2.29. The van der Waals surface area contributed by atoms with Gasteiger partial charge in [-0.15, -0.1) is 3.89 Å². The summed E-state index contributed by atoms with van der Waals surface area (Å²) in [5.74, 6) is -0.366. The largest absolute Gasteiger partial charge is 0.349 e. The summed E-state index contributed by atoms with van der Waals surface area (Å²) in [7, 11) is -8.62. The van der Waals surface area contributed by atoms with Gasteiger partial charge in [0.05, 0.1) is 22.3 Å². The molecule has 0 heterocycles. The van der Waals surface area contributed by atoms with E-state index < -0.39 is 31.2 Å². The first-order valence-corrected chi connectivity index (χ1v) is 10.4. The molecule has 0 radical (unpaired) electrons. The smallest absolute Gasteiger partial charge is 0.332 e. The summed E-state index contributed by atoms with van der Waals surface area (Å²) in [6.07, 6.45) is -0.0498. The van der Waals surface area contributed by atoms with E-state index in [9.17, 15) is 25.5 Å². The predicted molar refractivity (Wildman–Crippen MR) is 92.8 cm³/mol. The summed E-state index contributed by atoms with van der Waals surface area (Å²) in [6.45, 7) is 1.68. The lowest BCUT2D eigenvalue weighted by Gasteiger charge is -2.15. The Kier molecular flexibility index (Phi) is 5.79. The van der Waals surface area contributed by atoms with E-state index in [2.05, 4.69) is 5.32 Å². The Bertz CT molecular complexity index is 1020. The van der Waals surface area contributed by atoms with Gasteiger partial charge in [-0.25, -0.2) is 13.6 Å². The summed E-state index contributed by atoms with van der Waals surface area (Å²) in [5, 5.41) is 7.79. The Hall–Kier alpha value is -2.30. The number of halogens is 1. The summed E-state index contributed by atoms with van der Waals surface area (Å²) in [6, 6.07) is 10.3. The maximum atomic E-state index is 12.8. The molecule has 10 heteroatoms. The van der Waals surface area contributed by atoms with Gasteiger partial charge in [0, 0.05) is 0 Å². The van der Waals surface area contributed by atoms with E-state index in [-0.39, 0.29) is 17.2 Å². The zero-order chi connectivity index (χ0) is 19.5. The van der Waals surface area contributed by atoms with Crippen LogP contribution in [0.25, 0.3) is 0 Å². The van der Waals surface area contributed by atoms with Gasteiger partial charge in [0.25, 0.3) is 0 Å². The number of nitrogens with one attached hydrogen (secondary N) is 1. The molecule has 0 fully saturated rings. The van der Waals surface area contributed by atoms with Crippen molar-refractivity contribution in [3.8, 4) is 0 Å². The van der Waals surface area contributed by atoms with Crippen LogP contribution < -0.4 is 10.5 Å². The SMILES string of the molecule is CC(NC(=O)Cc1ccc(S(=O)(=O)F)cc1)c1cccc(S(N)(=O)=O)c1. The molecule has 0 aromatic heterocycles. The molecule has 0 saturated carbocycles. The Morgan fingerprint density at radius 3 is 2.23 bits per heavy atom. The maximum Gasteiger partial charge on any atom is 0.332 e. The van der Waals surface area contributed by atoms with E-state index in [1.807, 2.05) is 0 Å². The minimum absolute atomic E-state index is 0.0498. The standard InChI is InChI=1S/C16H17FN2O5S2/c1-11(13-3-2-4-15(10-13)26(18,23)24)19-16(20)9-12-5-7-14(8-6-12)25(17,21)22/h2-8,10-11H,9H2,1H3,(H,19,20)(H2,18,23,24). The van der Waals surface area contributed by atoms with E-state index in [1.165, 1.54) is 30.3 Å². The summed E-state index contributed by atoms with van der Waals surface area (Å²) < 4.78 is 57.2. The van der Waals surface area contributed by atoms with E-state index in [0.29, 0.717) is 11.1 Å². The molecule has 140 valence electrons. The Labute approximate surface area is 151 Å². The average molecular weight is 400 g/mol. The van der Waals surface area contributed by atoms with Gasteiger partial charge in [0.1, 0.15) is 0 Å². The third kappa shape index (κ3) is 5.35. The molecule has 26 heavy (non-hydrogen) atoms. The van der Waals surface area contributed by atoms with Crippen LogP contribution in [0.3, 0.4) is 0 Å². The van der Waals surface area contributed by atoms with E-state index in [0.717, 1.165) is 12.1 Å². The molecule has 0 saturated heterocycles. The molecule has 1 atom stereocenters. The molecule has 2 aromatic carbocycles. The van der Waals surface area contributed by atoms with Crippen LogP contribution in [0, 0.1) is 0 Å². The predicted octanol–water partition coefficient (Wildman–Crippen LogP) is 1.41. The number of hydrogen-bond donors (Lipinski definition) is 2. The quantitative estimate of drug-likeness (QED) is 0.710. The van der Waals surface area contributed by atoms with Gasteiger partial charge in [-0.05, 0) is 42.3 Å². The van der Waals surface area contributed by atoms with Crippen LogP contribution in [0.1, 0.15) is 24.1 Å². The fraction of sp³-hybridized carbons (Fsp3) is 0.188. The molecule has 0 aliphatic carbocycles. The number of benzene rings is 2. The van der Waals surface area contributed by atoms with Crippen LogP contribution in [0.2, 0.25) is 0 Å². The molecule has 0 spiro atoms. The second-order valence-electron chi connectivity index (χ2n) is 5.67. The zero-order valence-electron chi connectivity index (χ0n) is 13.7. The number of carbonyl (C=O) groups excluding carboxylic acids is 1. The number of hydrogen-bond acceptors (Lipinski definition) is 5. The van der Waals surface area contributed by atoms with Crippen LogP contribution in [0.15, 0.2) is 58.3 Å². The first kappa shape index (κ1) is 20.0. The Morgan fingerprint density at radius 2 is 1.69 bits per heavy atom. The maximum absolute atomic E-state index is 12.8. The van der Waals surface area contributed by atoms with Crippen molar-refractivity contribution in [1.82, 2.24) is 5.32 Å². The fourth-order valence-corrected chi connectivity index (χ4v) is 3.32. The van der Waals surface area contributed by atoms with Crippen LogP contribution >= 0.6 is 0 Å². The van der Waals surface area contributed by atoms with Crippen molar-refractivity contribution < 1.29 is 25.5 Å². The van der Waals surface area contributed by atoms with Crippen molar-refractivity contribution in [3.63, 3.8) is 0 Å². The third-order valence-corrected chi connectivity index (χ3v) is 5.38. The van der Waals surface area contributed by atoms with E-state index >= 15 is 0 Å². The van der Waals surface area contributed by atoms with Crippen molar-refractivity contribution in [2.24, 2.45) is 5.14 Å². The van der Waals surface area contributed by atoms with Gasteiger partial charge in [0.15, 0.2) is 0 Å². The van der Waals surface area contributed by atoms with Crippen LogP contribution in [-0.4, -0.2) is 22.7 Å². The number of rotatable bonds is 6. The minimum atomic E-state index is -4.78. The lowest BCUT2D eigenvalue weighted by Crippen LogP contribution is -2.28. The lowest BCUT2D eigenvalue weighted by atomic mass is 10.1. The topological polar surface area (TPSA) is 123 Å². The molecule has 0 bridgehead atoms. The zero-order valence-corrected chi connectivity index (χ0v) is 15.3. The van der Waals surface area contributed by atoms with E-state index in [1.54, 1.807) is 13.0 Å². The normalized spacial score (nSPS) is 13.2. The van der Waals surface area contributed by atoms with Gasteiger partial charge in [0.2, 0.25) is 15.9 Å². The molecule has 1 amide bonds. The van der Waals surface area contributed by atoms with Gasteiger partial charge in [-0.2, -0.15) is 8.42 Å². The van der Waals surface area contributed by atoms with Crippen LogP contribution in [-0.2, 0) is 31.5 Å². The van der Waals surface area contributed by atoms with Crippen molar-refractivity contribution in [3.05, 3.63) is 59.7 Å². The molecule has 1 unspecified atom stereocenters. The van der Waals surface area contributed by atoms with Crippen molar-refractivity contribution >= 4 is 26.2 Å². The number of sulfonamides is 1. The highest BCUT2D eigenvalue weighted by Crippen LogP contribution is 2.17. The lowest BCUT2D eigenvalue weighted by molar-refractivity contribution is -0.121. The molecule has 7 nitrogen and oxygen atoms in total. The summed E-state index contributed by atoms with van der Waals surface area (Å²) >= 11 is 0. The van der Waals surface area contributed by atoms with Crippen LogP contribution in [0.4, 0.5) is 3.89 Å².